The van der Waals surface area contributed by atoms with Crippen molar-refractivity contribution in [2.75, 3.05) is 5.73 Å². The predicted octanol–water partition coefficient (Wildman–Crippen LogP) is 2.64. The lowest BCUT2D eigenvalue weighted by Crippen LogP contribution is -2.30. The molecule has 0 aliphatic carbocycles. The Kier molecular flexibility index (Phi) is 4.35. The molecule has 1 amide bonds. The van der Waals surface area contributed by atoms with Gasteiger partial charge < -0.3 is 11.1 Å². The van der Waals surface area contributed by atoms with E-state index in [1.54, 1.807) is 6.20 Å². The molecule has 4 nitrogen and oxygen atoms in total. The number of aromatic nitrogens is 1. The number of rotatable bonds is 4. The van der Waals surface area contributed by atoms with E-state index in [1.807, 2.05) is 56.3 Å². The van der Waals surface area contributed by atoms with Gasteiger partial charge in [-0.3, -0.25) is 9.78 Å². The monoisotopic (exact) mass is 269 g/mol. The lowest BCUT2D eigenvalue weighted by atomic mass is 9.99. The van der Waals surface area contributed by atoms with Gasteiger partial charge in [0.15, 0.2) is 0 Å². The second kappa shape index (κ2) is 6.19. The standard InChI is InChI=1S/C16H19N3O/c1-11(13-6-5-7-14(17)10-13)16(20)19-12(2)15-8-3-4-9-18-15/h3-12H,17H2,1-2H3,(H,19,20). The number of amides is 1. The van der Waals surface area contributed by atoms with Crippen LogP contribution in [0.15, 0.2) is 48.7 Å². The molecule has 1 aromatic carbocycles. The summed E-state index contributed by atoms with van der Waals surface area (Å²) in [5, 5.41) is 2.97. The lowest BCUT2D eigenvalue weighted by molar-refractivity contribution is -0.122. The number of hydrogen-bond donors (Lipinski definition) is 2. The van der Waals surface area contributed by atoms with Crippen molar-refractivity contribution in [1.82, 2.24) is 10.3 Å². The summed E-state index contributed by atoms with van der Waals surface area (Å²) in [5.41, 5.74) is 8.17. The van der Waals surface area contributed by atoms with Crippen molar-refractivity contribution < 1.29 is 4.79 Å². The Balaban J connectivity index is 2.05. The average molecular weight is 269 g/mol. The molecule has 1 aromatic heterocycles. The molecule has 2 aromatic rings. The van der Waals surface area contributed by atoms with Crippen molar-refractivity contribution in [2.45, 2.75) is 25.8 Å². The van der Waals surface area contributed by atoms with Gasteiger partial charge in [-0.2, -0.15) is 0 Å². The summed E-state index contributed by atoms with van der Waals surface area (Å²) in [7, 11) is 0. The molecule has 0 spiro atoms. The van der Waals surface area contributed by atoms with Crippen LogP contribution in [0.2, 0.25) is 0 Å². The highest BCUT2D eigenvalue weighted by atomic mass is 16.1. The van der Waals surface area contributed by atoms with E-state index in [4.69, 9.17) is 5.73 Å². The van der Waals surface area contributed by atoms with Gasteiger partial charge >= 0.3 is 0 Å². The van der Waals surface area contributed by atoms with Crippen LogP contribution >= 0.6 is 0 Å². The van der Waals surface area contributed by atoms with Crippen molar-refractivity contribution in [3.8, 4) is 0 Å². The second-order valence-corrected chi connectivity index (χ2v) is 4.88. The molecule has 0 saturated carbocycles. The Morgan fingerprint density at radius 2 is 2.00 bits per heavy atom. The molecule has 4 heteroatoms. The molecule has 0 radical (unpaired) electrons. The maximum atomic E-state index is 12.3. The summed E-state index contributed by atoms with van der Waals surface area (Å²) in [5.74, 6) is -0.279. The van der Waals surface area contributed by atoms with E-state index in [0.717, 1.165) is 11.3 Å². The number of benzene rings is 1. The highest BCUT2D eigenvalue weighted by Crippen LogP contribution is 2.19. The van der Waals surface area contributed by atoms with Crippen molar-refractivity contribution in [2.24, 2.45) is 0 Å². The van der Waals surface area contributed by atoms with E-state index in [2.05, 4.69) is 10.3 Å². The summed E-state index contributed by atoms with van der Waals surface area (Å²) in [6.07, 6.45) is 1.72. The van der Waals surface area contributed by atoms with Gasteiger partial charge in [0.2, 0.25) is 5.91 Å². The van der Waals surface area contributed by atoms with Gasteiger partial charge in [0, 0.05) is 11.9 Å². The molecule has 2 rings (SSSR count). The van der Waals surface area contributed by atoms with Crippen molar-refractivity contribution in [3.05, 3.63) is 59.9 Å². The van der Waals surface area contributed by atoms with Gasteiger partial charge in [-0.1, -0.05) is 18.2 Å². The first-order valence-electron chi connectivity index (χ1n) is 6.64. The molecule has 3 N–H and O–H groups in total. The van der Waals surface area contributed by atoms with E-state index in [0.29, 0.717) is 5.69 Å². The Bertz CT molecular complexity index is 583. The van der Waals surface area contributed by atoms with Crippen molar-refractivity contribution >= 4 is 11.6 Å². The van der Waals surface area contributed by atoms with E-state index in [1.165, 1.54) is 0 Å². The number of anilines is 1. The van der Waals surface area contributed by atoms with E-state index in [-0.39, 0.29) is 17.9 Å². The van der Waals surface area contributed by atoms with Crippen LogP contribution in [0.3, 0.4) is 0 Å². The summed E-state index contributed by atoms with van der Waals surface area (Å²) < 4.78 is 0. The highest BCUT2D eigenvalue weighted by Gasteiger charge is 2.18. The van der Waals surface area contributed by atoms with Crippen molar-refractivity contribution in [1.29, 1.82) is 0 Å². The molecule has 0 saturated heterocycles. The number of nitrogens with two attached hydrogens (primary N) is 1. The predicted molar refractivity (Wildman–Crippen MR) is 80.1 cm³/mol. The Hall–Kier alpha value is -2.36. The maximum absolute atomic E-state index is 12.3. The number of pyridine rings is 1. The molecule has 2 atom stereocenters. The fourth-order valence-electron chi connectivity index (χ4n) is 2.02. The van der Waals surface area contributed by atoms with Gasteiger partial charge in [-0.05, 0) is 43.7 Å². The number of carbonyl (C=O) groups is 1. The van der Waals surface area contributed by atoms with Crippen LogP contribution in [0.1, 0.15) is 37.1 Å². The molecule has 0 fully saturated rings. The molecule has 1 heterocycles. The zero-order valence-corrected chi connectivity index (χ0v) is 11.7. The first-order chi connectivity index (χ1) is 9.58. The zero-order valence-electron chi connectivity index (χ0n) is 11.7. The van der Waals surface area contributed by atoms with Crippen molar-refractivity contribution in [3.63, 3.8) is 0 Å². The molecular weight excluding hydrogens is 250 g/mol. The molecule has 0 bridgehead atoms. The Labute approximate surface area is 119 Å². The van der Waals surface area contributed by atoms with Gasteiger partial charge in [-0.25, -0.2) is 0 Å². The summed E-state index contributed by atoms with van der Waals surface area (Å²) in [6, 6.07) is 12.9. The Morgan fingerprint density at radius 3 is 2.65 bits per heavy atom. The van der Waals surface area contributed by atoms with E-state index < -0.39 is 0 Å². The smallest absolute Gasteiger partial charge is 0.227 e. The topological polar surface area (TPSA) is 68.0 Å². The average Bonchev–Trinajstić information content (AvgIpc) is 2.47. The summed E-state index contributed by atoms with van der Waals surface area (Å²) in [4.78, 5) is 16.5. The first-order valence-corrected chi connectivity index (χ1v) is 6.64. The third kappa shape index (κ3) is 3.35. The Morgan fingerprint density at radius 1 is 1.20 bits per heavy atom. The normalized spacial score (nSPS) is 13.5. The quantitative estimate of drug-likeness (QED) is 0.838. The zero-order chi connectivity index (χ0) is 14.5. The van der Waals surface area contributed by atoms with Gasteiger partial charge in [0.25, 0.3) is 0 Å². The summed E-state index contributed by atoms with van der Waals surface area (Å²) >= 11 is 0. The molecule has 20 heavy (non-hydrogen) atoms. The minimum atomic E-state index is -0.246. The van der Waals surface area contributed by atoms with Crippen LogP contribution in [0.5, 0.6) is 0 Å². The van der Waals surface area contributed by atoms with Gasteiger partial charge in [0.1, 0.15) is 0 Å². The number of nitrogens with zero attached hydrogens (tertiary/aromatic N) is 1. The fourth-order valence-corrected chi connectivity index (χ4v) is 2.02. The van der Waals surface area contributed by atoms with Crippen LogP contribution < -0.4 is 11.1 Å². The van der Waals surface area contributed by atoms with Crippen LogP contribution in [0.4, 0.5) is 5.69 Å². The van der Waals surface area contributed by atoms with E-state index >= 15 is 0 Å². The van der Waals surface area contributed by atoms with Gasteiger partial charge in [-0.15, -0.1) is 0 Å². The minimum absolute atomic E-state index is 0.0336. The van der Waals surface area contributed by atoms with Crippen LogP contribution in [0, 0.1) is 0 Å². The lowest BCUT2D eigenvalue weighted by Gasteiger charge is -2.17. The second-order valence-electron chi connectivity index (χ2n) is 4.88. The third-order valence-corrected chi connectivity index (χ3v) is 3.29. The van der Waals surface area contributed by atoms with Crippen LogP contribution in [-0.2, 0) is 4.79 Å². The summed E-state index contributed by atoms with van der Waals surface area (Å²) in [6.45, 7) is 3.79. The minimum Gasteiger partial charge on any atom is -0.399 e. The number of carbonyl (C=O) groups excluding carboxylic acids is 1. The first kappa shape index (κ1) is 14.1. The maximum Gasteiger partial charge on any atom is 0.227 e. The van der Waals surface area contributed by atoms with Gasteiger partial charge in [0.05, 0.1) is 17.7 Å². The molecule has 0 aliphatic heterocycles. The number of hydrogen-bond acceptors (Lipinski definition) is 3. The third-order valence-electron chi connectivity index (χ3n) is 3.29. The molecule has 0 aliphatic rings. The molecular formula is C16H19N3O. The number of nitrogen functional groups attached to an aromatic ring is 1. The van der Waals surface area contributed by atoms with E-state index in [9.17, 15) is 4.79 Å². The molecule has 2 unspecified atom stereocenters. The van der Waals surface area contributed by atoms with Crippen LogP contribution in [-0.4, -0.2) is 10.9 Å². The number of nitrogens with one attached hydrogen (secondary N) is 1. The largest absolute Gasteiger partial charge is 0.399 e. The SMILES string of the molecule is CC(NC(=O)C(C)c1cccc(N)c1)c1ccccn1. The highest BCUT2D eigenvalue weighted by molar-refractivity contribution is 5.83. The molecule has 104 valence electrons. The fraction of sp³-hybridized carbons (Fsp3) is 0.250. The van der Waals surface area contributed by atoms with Crippen LogP contribution in [0.25, 0.3) is 0 Å².